The van der Waals surface area contributed by atoms with Crippen molar-refractivity contribution in [2.24, 2.45) is 0 Å². The minimum atomic E-state index is -1.73. The highest BCUT2D eigenvalue weighted by Gasteiger charge is 2.62. The minimum Gasteiger partial charge on any atom is -0.490 e. The van der Waals surface area contributed by atoms with E-state index in [0.29, 0.717) is 12.4 Å². The topological polar surface area (TPSA) is 72.9 Å². The zero-order valence-corrected chi connectivity index (χ0v) is 11.1. The van der Waals surface area contributed by atoms with Gasteiger partial charge in [0.25, 0.3) is 11.5 Å². The van der Waals surface area contributed by atoms with Crippen molar-refractivity contribution in [1.29, 1.82) is 0 Å². The van der Waals surface area contributed by atoms with Crippen molar-refractivity contribution < 1.29 is 23.9 Å². The first-order valence-corrected chi connectivity index (χ1v) is 6.32. The number of benzene rings is 1. The Labute approximate surface area is 115 Å². The average molecular weight is 275 g/mol. The molecule has 1 saturated heterocycles. The first-order chi connectivity index (χ1) is 9.51. The van der Waals surface area contributed by atoms with Crippen molar-refractivity contribution in [3.63, 3.8) is 0 Å². The number of ether oxygens (including phenoxy) is 2. The Kier molecular flexibility index (Phi) is 2.57. The lowest BCUT2D eigenvalue weighted by atomic mass is 9.94. The number of carbonyl (C=O) groups excluding carboxylic acids is 3. The molecule has 1 spiro atoms. The highest BCUT2D eigenvalue weighted by Crippen LogP contribution is 2.45. The molecule has 2 amide bonds. The van der Waals surface area contributed by atoms with Gasteiger partial charge in [0.05, 0.1) is 18.6 Å². The van der Waals surface area contributed by atoms with E-state index in [0.717, 1.165) is 4.90 Å². The van der Waals surface area contributed by atoms with Crippen LogP contribution in [0.25, 0.3) is 0 Å². The first kappa shape index (κ1) is 12.7. The maximum absolute atomic E-state index is 12.5. The molecule has 0 radical (unpaired) electrons. The van der Waals surface area contributed by atoms with Crippen LogP contribution in [0.4, 0.5) is 0 Å². The summed E-state index contributed by atoms with van der Waals surface area (Å²) in [6.07, 6.45) is -0.262. The fraction of sp³-hybridized carbons (Fsp3) is 0.357. The Morgan fingerprint density at radius 3 is 2.70 bits per heavy atom. The molecule has 1 atom stereocenters. The predicted octanol–water partition coefficient (Wildman–Crippen LogP) is 0.788. The largest absolute Gasteiger partial charge is 0.490 e. The molecule has 0 bridgehead atoms. The lowest BCUT2D eigenvalue weighted by molar-refractivity contribution is -0.140. The third-order valence-corrected chi connectivity index (χ3v) is 3.59. The van der Waals surface area contributed by atoms with Crippen LogP contribution in [0.1, 0.15) is 23.7 Å². The van der Waals surface area contributed by atoms with E-state index in [1.165, 1.54) is 7.05 Å². The second-order valence-electron chi connectivity index (χ2n) is 4.76. The molecule has 1 aromatic carbocycles. The number of likely N-dealkylation sites (tertiary alicyclic amines) is 1. The monoisotopic (exact) mass is 275 g/mol. The molecule has 20 heavy (non-hydrogen) atoms. The summed E-state index contributed by atoms with van der Waals surface area (Å²) in [6, 6.07) is 4.90. The third-order valence-electron chi connectivity index (χ3n) is 3.59. The maximum atomic E-state index is 12.5. The molecule has 6 heteroatoms. The molecule has 0 aromatic heterocycles. The van der Waals surface area contributed by atoms with Crippen LogP contribution in [0.2, 0.25) is 0 Å². The van der Waals surface area contributed by atoms with Crippen LogP contribution in [0.15, 0.2) is 18.2 Å². The second kappa shape index (κ2) is 4.06. The summed E-state index contributed by atoms with van der Waals surface area (Å²) in [7, 11) is 1.35. The number of rotatable bonds is 2. The van der Waals surface area contributed by atoms with E-state index < -0.39 is 23.2 Å². The summed E-state index contributed by atoms with van der Waals surface area (Å²) in [5, 5.41) is 0. The fourth-order valence-electron chi connectivity index (χ4n) is 2.56. The molecule has 2 aliphatic heterocycles. The lowest BCUT2D eigenvalue weighted by Gasteiger charge is -2.18. The number of likely N-dealkylation sites (N-methyl/N-ethyl adjacent to an activating group) is 1. The van der Waals surface area contributed by atoms with Crippen LogP contribution in [0.3, 0.4) is 0 Å². The Morgan fingerprint density at radius 1 is 1.35 bits per heavy atom. The van der Waals surface area contributed by atoms with Crippen molar-refractivity contribution in [3.05, 3.63) is 23.8 Å². The highest BCUT2D eigenvalue weighted by molar-refractivity contribution is 6.27. The number of ketones is 1. The number of hydrogen-bond acceptors (Lipinski definition) is 5. The van der Waals surface area contributed by atoms with E-state index in [9.17, 15) is 14.4 Å². The molecular formula is C14H13NO5. The molecule has 3 rings (SSSR count). The smallest absolute Gasteiger partial charge is 0.281 e. The van der Waals surface area contributed by atoms with E-state index in [-0.39, 0.29) is 17.7 Å². The lowest BCUT2D eigenvalue weighted by Crippen LogP contribution is -2.47. The van der Waals surface area contributed by atoms with Gasteiger partial charge in [0, 0.05) is 7.05 Å². The second-order valence-corrected chi connectivity index (χ2v) is 4.76. The van der Waals surface area contributed by atoms with Crippen molar-refractivity contribution >= 4 is 17.6 Å². The summed E-state index contributed by atoms with van der Waals surface area (Å²) in [5.41, 5.74) is -1.45. The molecule has 2 heterocycles. The molecule has 1 fully saturated rings. The highest BCUT2D eigenvalue weighted by atomic mass is 16.5. The van der Waals surface area contributed by atoms with Gasteiger partial charge in [-0.1, -0.05) is 6.07 Å². The van der Waals surface area contributed by atoms with Crippen LogP contribution in [-0.2, 0) is 9.59 Å². The van der Waals surface area contributed by atoms with Gasteiger partial charge in [0.15, 0.2) is 11.5 Å². The van der Waals surface area contributed by atoms with E-state index in [1.807, 2.05) is 6.92 Å². The van der Waals surface area contributed by atoms with Gasteiger partial charge in [-0.15, -0.1) is 0 Å². The summed E-state index contributed by atoms with van der Waals surface area (Å²) in [6.45, 7) is 2.22. The number of nitrogens with zero attached hydrogens (tertiary/aromatic N) is 1. The number of hydrogen-bond donors (Lipinski definition) is 0. The molecule has 0 aliphatic carbocycles. The maximum Gasteiger partial charge on any atom is 0.281 e. The van der Waals surface area contributed by atoms with E-state index in [1.54, 1.807) is 18.2 Å². The van der Waals surface area contributed by atoms with E-state index in [2.05, 4.69) is 0 Å². The normalized spacial score (nSPS) is 24.3. The zero-order chi connectivity index (χ0) is 14.5. The van der Waals surface area contributed by atoms with Crippen LogP contribution in [0, 0.1) is 0 Å². The Hall–Kier alpha value is -2.37. The van der Waals surface area contributed by atoms with Crippen LogP contribution in [0.5, 0.6) is 11.5 Å². The zero-order valence-electron chi connectivity index (χ0n) is 11.1. The Morgan fingerprint density at radius 2 is 2.10 bits per heavy atom. The number of imide groups is 1. The van der Waals surface area contributed by atoms with Crippen molar-refractivity contribution in [1.82, 2.24) is 4.90 Å². The fourth-order valence-corrected chi connectivity index (χ4v) is 2.56. The van der Waals surface area contributed by atoms with Crippen molar-refractivity contribution in [2.75, 3.05) is 13.7 Å². The number of para-hydroxylation sites is 1. The Balaban J connectivity index is 2.09. The van der Waals surface area contributed by atoms with Gasteiger partial charge < -0.3 is 9.47 Å². The SMILES string of the molecule is CCOc1cccc2c1OC1(CC(=O)N(C)C1=O)C2=O. The molecule has 0 N–H and O–H groups in total. The Bertz CT molecular complexity index is 638. The van der Waals surface area contributed by atoms with Gasteiger partial charge in [0.1, 0.15) is 0 Å². The molecule has 2 aliphatic rings. The first-order valence-electron chi connectivity index (χ1n) is 6.32. The van der Waals surface area contributed by atoms with Crippen LogP contribution < -0.4 is 9.47 Å². The molecule has 1 unspecified atom stereocenters. The van der Waals surface area contributed by atoms with Gasteiger partial charge in [-0.3, -0.25) is 19.3 Å². The summed E-state index contributed by atoms with van der Waals surface area (Å²) >= 11 is 0. The van der Waals surface area contributed by atoms with Gasteiger partial charge in [-0.05, 0) is 19.1 Å². The third kappa shape index (κ3) is 1.41. The molecule has 1 aromatic rings. The average Bonchev–Trinajstić information content (AvgIpc) is 2.83. The standard InChI is InChI=1S/C14H13NO5/c1-3-19-9-6-4-5-8-11(9)20-14(12(8)17)7-10(16)15(2)13(14)18/h4-6H,3,7H2,1-2H3. The summed E-state index contributed by atoms with van der Waals surface area (Å²) in [4.78, 5) is 37.3. The molecule has 6 nitrogen and oxygen atoms in total. The van der Waals surface area contributed by atoms with Gasteiger partial charge in [-0.25, -0.2) is 0 Å². The van der Waals surface area contributed by atoms with Crippen molar-refractivity contribution in [2.45, 2.75) is 18.9 Å². The van der Waals surface area contributed by atoms with Crippen LogP contribution in [-0.4, -0.2) is 41.8 Å². The number of amides is 2. The quantitative estimate of drug-likeness (QED) is 0.589. The van der Waals surface area contributed by atoms with E-state index in [4.69, 9.17) is 9.47 Å². The summed E-state index contributed by atoms with van der Waals surface area (Å²) < 4.78 is 11.0. The molecule has 0 saturated carbocycles. The van der Waals surface area contributed by atoms with E-state index >= 15 is 0 Å². The minimum absolute atomic E-state index is 0.246. The number of Topliss-reactive ketones (excluding diaryl/α,β-unsaturated/α-hetero) is 1. The van der Waals surface area contributed by atoms with Gasteiger partial charge in [-0.2, -0.15) is 0 Å². The van der Waals surface area contributed by atoms with Crippen molar-refractivity contribution in [3.8, 4) is 11.5 Å². The van der Waals surface area contributed by atoms with Crippen LogP contribution >= 0.6 is 0 Å². The number of carbonyl (C=O) groups is 3. The predicted molar refractivity (Wildman–Crippen MR) is 67.7 cm³/mol. The molecule has 104 valence electrons. The summed E-state index contributed by atoms with van der Waals surface area (Å²) in [5.74, 6) is -0.863. The van der Waals surface area contributed by atoms with Gasteiger partial charge in [0.2, 0.25) is 11.7 Å². The number of fused-ring (bicyclic) bond motifs is 1. The van der Waals surface area contributed by atoms with Gasteiger partial charge >= 0.3 is 0 Å². The molecular weight excluding hydrogens is 262 g/mol.